The Morgan fingerprint density at radius 1 is 1.25 bits per heavy atom. The summed E-state index contributed by atoms with van der Waals surface area (Å²) in [5.74, 6) is 0.446. The maximum atomic E-state index is 10.7. The van der Waals surface area contributed by atoms with Crippen LogP contribution in [0, 0.1) is 17.0 Å². The molecule has 1 aromatic heterocycles. The van der Waals surface area contributed by atoms with Gasteiger partial charge in [0.25, 0.3) is 5.69 Å². The van der Waals surface area contributed by atoms with Crippen molar-refractivity contribution in [2.45, 2.75) is 6.92 Å². The first-order valence-corrected chi connectivity index (χ1v) is 6.65. The molecule has 3 aromatic rings. The van der Waals surface area contributed by atoms with Gasteiger partial charge in [0.2, 0.25) is 5.89 Å². The summed E-state index contributed by atoms with van der Waals surface area (Å²) in [6, 6.07) is 10.2. The number of aryl methyl sites for hydroxylation is 1. The van der Waals surface area contributed by atoms with E-state index in [2.05, 4.69) is 20.9 Å². The van der Waals surface area contributed by atoms with Crippen molar-refractivity contribution >= 4 is 32.7 Å². The Bertz CT molecular complexity index is 826. The van der Waals surface area contributed by atoms with Crippen molar-refractivity contribution in [3.63, 3.8) is 0 Å². The molecule has 0 unspecified atom stereocenters. The van der Waals surface area contributed by atoms with Gasteiger partial charge >= 0.3 is 0 Å². The second kappa shape index (κ2) is 4.72. The predicted octanol–water partition coefficient (Wildman–Crippen LogP) is 4.47. The molecule has 0 aliphatic rings. The fraction of sp³-hybridized carbons (Fsp3) is 0.0714. The smallest absolute Gasteiger partial charge is 0.273 e. The summed E-state index contributed by atoms with van der Waals surface area (Å²) in [6.07, 6.45) is 0. The fourth-order valence-corrected chi connectivity index (χ4v) is 2.26. The molecule has 5 nitrogen and oxygen atoms in total. The number of nitro groups is 1. The van der Waals surface area contributed by atoms with E-state index in [9.17, 15) is 10.1 Å². The van der Waals surface area contributed by atoms with Crippen LogP contribution in [-0.2, 0) is 0 Å². The molecule has 0 bridgehead atoms. The third-order valence-corrected chi connectivity index (χ3v) is 3.86. The van der Waals surface area contributed by atoms with Crippen molar-refractivity contribution in [3.05, 3.63) is 56.5 Å². The average Bonchev–Trinajstić information content (AvgIpc) is 2.84. The number of oxazole rings is 1. The number of hydrogen-bond donors (Lipinski definition) is 0. The van der Waals surface area contributed by atoms with Gasteiger partial charge < -0.3 is 4.42 Å². The molecule has 100 valence electrons. The summed E-state index contributed by atoms with van der Waals surface area (Å²) in [4.78, 5) is 14.6. The topological polar surface area (TPSA) is 69.2 Å². The van der Waals surface area contributed by atoms with E-state index in [0.717, 1.165) is 15.6 Å². The lowest BCUT2D eigenvalue weighted by molar-refractivity contribution is -0.384. The molecule has 0 spiro atoms. The van der Waals surface area contributed by atoms with Gasteiger partial charge in [0.15, 0.2) is 5.58 Å². The molecule has 0 N–H and O–H groups in total. The lowest BCUT2D eigenvalue weighted by Gasteiger charge is -1.99. The Morgan fingerprint density at radius 2 is 2.05 bits per heavy atom. The van der Waals surface area contributed by atoms with Crippen LogP contribution in [0.4, 0.5) is 5.69 Å². The molecular formula is C14H9BrN2O3. The van der Waals surface area contributed by atoms with Crippen LogP contribution >= 0.6 is 15.9 Å². The van der Waals surface area contributed by atoms with Crippen LogP contribution in [0.25, 0.3) is 22.6 Å². The molecular weight excluding hydrogens is 324 g/mol. The number of halogens is 1. The van der Waals surface area contributed by atoms with Gasteiger partial charge in [0, 0.05) is 16.1 Å². The van der Waals surface area contributed by atoms with E-state index in [-0.39, 0.29) is 5.69 Å². The number of hydrogen-bond acceptors (Lipinski definition) is 4. The first-order valence-electron chi connectivity index (χ1n) is 5.86. The van der Waals surface area contributed by atoms with Crippen LogP contribution < -0.4 is 0 Å². The second-order valence-corrected chi connectivity index (χ2v) is 5.25. The largest absolute Gasteiger partial charge is 0.436 e. The molecule has 6 heteroatoms. The molecule has 0 amide bonds. The molecule has 0 aliphatic carbocycles. The zero-order valence-corrected chi connectivity index (χ0v) is 12.0. The average molecular weight is 333 g/mol. The Morgan fingerprint density at radius 3 is 2.75 bits per heavy atom. The van der Waals surface area contributed by atoms with Gasteiger partial charge in [-0.3, -0.25) is 10.1 Å². The Balaban J connectivity index is 2.12. The SMILES string of the molecule is Cc1ccc(-c2nc3ccc([N+](=O)[O-])cc3o2)cc1Br. The van der Waals surface area contributed by atoms with Gasteiger partial charge in [-0.25, -0.2) is 4.98 Å². The third-order valence-electron chi connectivity index (χ3n) is 3.00. The molecule has 0 atom stereocenters. The monoisotopic (exact) mass is 332 g/mol. The van der Waals surface area contributed by atoms with Gasteiger partial charge in [-0.2, -0.15) is 0 Å². The molecule has 0 fully saturated rings. The highest BCUT2D eigenvalue weighted by atomic mass is 79.9. The molecule has 20 heavy (non-hydrogen) atoms. The van der Waals surface area contributed by atoms with Gasteiger partial charge in [-0.15, -0.1) is 0 Å². The normalized spacial score (nSPS) is 10.9. The summed E-state index contributed by atoms with van der Waals surface area (Å²) in [5.41, 5.74) is 2.93. The summed E-state index contributed by atoms with van der Waals surface area (Å²) < 4.78 is 6.56. The first-order chi connectivity index (χ1) is 9.54. The van der Waals surface area contributed by atoms with Crippen LogP contribution in [0.1, 0.15) is 5.56 Å². The van der Waals surface area contributed by atoms with Crippen molar-refractivity contribution in [3.8, 4) is 11.5 Å². The lowest BCUT2D eigenvalue weighted by Crippen LogP contribution is -1.86. The van der Waals surface area contributed by atoms with E-state index in [4.69, 9.17) is 4.42 Å². The standard InChI is InChI=1S/C14H9BrN2O3/c1-8-2-3-9(6-11(8)15)14-16-12-5-4-10(17(18)19)7-13(12)20-14/h2-7H,1H3. The van der Waals surface area contributed by atoms with Crippen LogP contribution in [0.5, 0.6) is 0 Å². The van der Waals surface area contributed by atoms with E-state index in [1.165, 1.54) is 12.1 Å². The molecule has 0 saturated heterocycles. The highest BCUT2D eigenvalue weighted by Gasteiger charge is 2.13. The van der Waals surface area contributed by atoms with E-state index in [0.29, 0.717) is 17.0 Å². The minimum Gasteiger partial charge on any atom is -0.436 e. The van der Waals surface area contributed by atoms with Gasteiger partial charge in [0.05, 0.1) is 11.0 Å². The summed E-state index contributed by atoms with van der Waals surface area (Å²) in [5, 5.41) is 10.7. The van der Waals surface area contributed by atoms with Crippen LogP contribution in [0.15, 0.2) is 45.3 Å². The van der Waals surface area contributed by atoms with Crippen molar-refractivity contribution in [2.75, 3.05) is 0 Å². The maximum Gasteiger partial charge on any atom is 0.273 e. The summed E-state index contributed by atoms with van der Waals surface area (Å²) in [7, 11) is 0. The molecule has 0 radical (unpaired) electrons. The molecule has 1 heterocycles. The number of non-ortho nitro benzene ring substituents is 1. The van der Waals surface area contributed by atoms with Crippen LogP contribution in [-0.4, -0.2) is 9.91 Å². The molecule has 0 saturated carbocycles. The zero-order valence-electron chi connectivity index (χ0n) is 10.5. The number of aromatic nitrogens is 1. The Hall–Kier alpha value is -2.21. The Kier molecular flexibility index (Phi) is 3.02. The molecule has 0 aliphatic heterocycles. The maximum absolute atomic E-state index is 10.7. The first kappa shape index (κ1) is 12.8. The second-order valence-electron chi connectivity index (χ2n) is 4.39. The highest BCUT2D eigenvalue weighted by Crippen LogP contribution is 2.29. The van der Waals surface area contributed by atoms with Crippen LogP contribution in [0.2, 0.25) is 0 Å². The van der Waals surface area contributed by atoms with E-state index in [1.807, 2.05) is 25.1 Å². The molecule has 2 aromatic carbocycles. The fourth-order valence-electron chi connectivity index (χ4n) is 1.88. The zero-order chi connectivity index (χ0) is 14.3. The van der Waals surface area contributed by atoms with Crippen molar-refractivity contribution < 1.29 is 9.34 Å². The van der Waals surface area contributed by atoms with Gasteiger partial charge in [-0.1, -0.05) is 22.0 Å². The quantitative estimate of drug-likeness (QED) is 0.512. The van der Waals surface area contributed by atoms with Crippen molar-refractivity contribution in [2.24, 2.45) is 0 Å². The number of rotatable bonds is 2. The van der Waals surface area contributed by atoms with E-state index < -0.39 is 4.92 Å². The van der Waals surface area contributed by atoms with Crippen molar-refractivity contribution in [1.82, 2.24) is 4.98 Å². The third kappa shape index (κ3) is 2.18. The number of nitrogens with zero attached hydrogens (tertiary/aromatic N) is 2. The summed E-state index contributed by atoms with van der Waals surface area (Å²) >= 11 is 3.46. The number of fused-ring (bicyclic) bond motifs is 1. The number of benzene rings is 2. The number of nitro benzene ring substituents is 1. The minimum atomic E-state index is -0.454. The van der Waals surface area contributed by atoms with Gasteiger partial charge in [0.1, 0.15) is 5.52 Å². The van der Waals surface area contributed by atoms with E-state index in [1.54, 1.807) is 6.07 Å². The molecule has 3 rings (SSSR count). The predicted molar refractivity (Wildman–Crippen MR) is 78.5 cm³/mol. The minimum absolute atomic E-state index is 0.00899. The van der Waals surface area contributed by atoms with Crippen LogP contribution in [0.3, 0.4) is 0 Å². The van der Waals surface area contributed by atoms with Crippen molar-refractivity contribution in [1.29, 1.82) is 0 Å². The highest BCUT2D eigenvalue weighted by molar-refractivity contribution is 9.10. The lowest BCUT2D eigenvalue weighted by atomic mass is 10.1. The summed E-state index contributed by atoms with van der Waals surface area (Å²) in [6.45, 7) is 1.99. The Labute approximate surface area is 122 Å². The van der Waals surface area contributed by atoms with E-state index >= 15 is 0 Å². The van der Waals surface area contributed by atoms with Gasteiger partial charge in [-0.05, 0) is 30.7 Å².